The number of rotatable bonds is 3. The van der Waals surface area contributed by atoms with Gasteiger partial charge in [0, 0.05) is 5.57 Å². The van der Waals surface area contributed by atoms with Crippen LogP contribution in [0.1, 0.15) is 34.6 Å². The predicted molar refractivity (Wildman–Crippen MR) is 66.4 cm³/mol. The quantitative estimate of drug-likeness (QED) is 0.710. The van der Waals surface area contributed by atoms with Crippen molar-refractivity contribution in [1.29, 1.82) is 0 Å². The Hall–Kier alpha value is -1.65. The highest BCUT2D eigenvalue weighted by Gasteiger charge is 2.42. The van der Waals surface area contributed by atoms with E-state index in [1.165, 1.54) is 0 Å². The van der Waals surface area contributed by atoms with Crippen molar-refractivity contribution in [2.45, 2.75) is 40.2 Å². The molecule has 0 radical (unpaired) electrons. The zero-order valence-electron chi connectivity index (χ0n) is 10.9. The lowest BCUT2D eigenvalue weighted by molar-refractivity contribution is -0.123. The summed E-state index contributed by atoms with van der Waals surface area (Å²) in [5.74, 6) is -0.155. The van der Waals surface area contributed by atoms with E-state index in [-0.39, 0.29) is 11.8 Å². The van der Waals surface area contributed by atoms with Crippen LogP contribution in [0.15, 0.2) is 16.1 Å². The molecule has 1 unspecified atom stereocenters. The number of nitrogens with zero attached hydrogens (tertiary/aromatic N) is 1. The Labute approximate surface area is 101 Å². The average molecular weight is 237 g/mol. The number of amidine groups is 1. The van der Waals surface area contributed by atoms with Gasteiger partial charge in [-0.2, -0.15) is 4.99 Å². The van der Waals surface area contributed by atoms with Crippen molar-refractivity contribution < 1.29 is 9.59 Å². The molecule has 1 aliphatic heterocycles. The standard InChI is InChI=1S/C12H19N3O2/c1-6(2)12(5)11(17)14-10(15-12)8(4)7(3)9(13)16/h6H,1-5H3,(H2,13,16)(H,14,15,17)/b8-7-. The van der Waals surface area contributed by atoms with Gasteiger partial charge in [0.25, 0.3) is 5.91 Å². The summed E-state index contributed by atoms with van der Waals surface area (Å²) in [6.07, 6.45) is 0. The van der Waals surface area contributed by atoms with E-state index in [9.17, 15) is 9.59 Å². The molecule has 2 amide bonds. The Kier molecular flexibility index (Phi) is 3.40. The number of nitrogens with one attached hydrogen (secondary N) is 1. The lowest BCUT2D eigenvalue weighted by atomic mass is 9.88. The lowest BCUT2D eigenvalue weighted by Crippen LogP contribution is -2.50. The van der Waals surface area contributed by atoms with Crippen molar-refractivity contribution in [3.63, 3.8) is 0 Å². The molecule has 1 heterocycles. The summed E-state index contributed by atoms with van der Waals surface area (Å²) in [6, 6.07) is 0. The highest BCUT2D eigenvalue weighted by molar-refractivity contribution is 6.15. The number of hydrogen-bond acceptors (Lipinski definition) is 3. The van der Waals surface area contributed by atoms with E-state index in [2.05, 4.69) is 10.3 Å². The molecule has 0 fully saturated rings. The van der Waals surface area contributed by atoms with E-state index in [0.717, 1.165) is 0 Å². The zero-order valence-corrected chi connectivity index (χ0v) is 10.9. The number of amides is 2. The molecule has 0 aromatic carbocycles. The maximum absolute atomic E-state index is 11.9. The van der Waals surface area contributed by atoms with Crippen molar-refractivity contribution >= 4 is 17.6 Å². The van der Waals surface area contributed by atoms with Gasteiger partial charge in [-0.25, -0.2) is 0 Å². The van der Waals surface area contributed by atoms with Crippen LogP contribution >= 0.6 is 0 Å². The van der Waals surface area contributed by atoms with Crippen LogP contribution in [-0.2, 0) is 9.59 Å². The van der Waals surface area contributed by atoms with Crippen LogP contribution in [-0.4, -0.2) is 23.2 Å². The largest absolute Gasteiger partial charge is 0.366 e. The Balaban J connectivity index is 3.08. The van der Waals surface area contributed by atoms with Gasteiger partial charge in [0.1, 0.15) is 11.4 Å². The van der Waals surface area contributed by atoms with Crippen molar-refractivity contribution in [3.05, 3.63) is 11.1 Å². The highest BCUT2D eigenvalue weighted by Crippen LogP contribution is 2.24. The Bertz CT molecular complexity index is 435. The Morgan fingerprint density at radius 3 is 2.29 bits per heavy atom. The van der Waals surface area contributed by atoms with E-state index in [1.54, 1.807) is 13.8 Å². The Morgan fingerprint density at radius 1 is 1.41 bits per heavy atom. The first-order valence-electron chi connectivity index (χ1n) is 5.59. The summed E-state index contributed by atoms with van der Waals surface area (Å²) < 4.78 is 0. The summed E-state index contributed by atoms with van der Waals surface area (Å²) in [6.45, 7) is 9.05. The second-order valence-electron chi connectivity index (χ2n) is 4.86. The molecule has 94 valence electrons. The van der Waals surface area contributed by atoms with Crippen LogP contribution in [0.3, 0.4) is 0 Å². The molecule has 0 saturated heterocycles. The zero-order chi connectivity index (χ0) is 13.4. The number of aliphatic imine (C=N–C) groups is 1. The fraction of sp³-hybridized carbons (Fsp3) is 0.583. The number of carbonyl (C=O) groups is 2. The van der Waals surface area contributed by atoms with Gasteiger partial charge in [0.2, 0.25) is 5.91 Å². The second-order valence-corrected chi connectivity index (χ2v) is 4.86. The molecule has 0 bridgehead atoms. The highest BCUT2D eigenvalue weighted by atomic mass is 16.2. The molecule has 0 aromatic rings. The molecule has 0 saturated carbocycles. The normalized spacial score (nSPS) is 25.5. The summed E-state index contributed by atoms with van der Waals surface area (Å²) in [4.78, 5) is 26.9. The predicted octanol–water partition coefficient (Wildman–Crippen LogP) is 0.751. The average Bonchev–Trinajstić information content (AvgIpc) is 2.54. The van der Waals surface area contributed by atoms with Crippen LogP contribution in [0.2, 0.25) is 0 Å². The summed E-state index contributed by atoms with van der Waals surface area (Å²) in [7, 11) is 0. The van der Waals surface area contributed by atoms with Crippen LogP contribution in [0.4, 0.5) is 0 Å². The third-order valence-corrected chi connectivity index (χ3v) is 3.48. The molecular formula is C12H19N3O2. The second kappa shape index (κ2) is 4.31. The summed E-state index contributed by atoms with van der Waals surface area (Å²) in [5.41, 5.74) is 5.54. The minimum atomic E-state index is -0.700. The topological polar surface area (TPSA) is 84.6 Å². The van der Waals surface area contributed by atoms with Crippen molar-refractivity contribution in [3.8, 4) is 0 Å². The summed E-state index contributed by atoms with van der Waals surface area (Å²) in [5, 5.41) is 3.09. The van der Waals surface area contributed by atoms with Gasteiger partial charge < -0.3 is 11.1 Å². The lowest BCUT2D eigenvalue weighted by Gasteiger charge is -2.27. The third kappa shape index (κ3) is 2.23. The number of nitrogens with two attached hydrogens (primary N) is 1. The Morgan fingerprint density at radius 2 is 1.94 bits per heavy atom. The molecule has 0 aromatic heterocycles. The minimum absolute atomic E-state index is 0.109. The SMILES string of the molecule is C/C(C(N)=O)=C(\C)C1=NC(=O)C(C)(C(C)C)N1. The maximum atomic E-state index is 11.9. The minimum Gasteiger partial charge on any atom is -0.366 e. The maximum Gasteiger partial charge on any atom is 0.273 e. The monoisotopic (exact) mass is 237 g/mol. The van der Waals surface area contributed by atoms with E-state index in [4.69, 9.17) is 5.73 Å². The summed E-state index contributed by atoms with van der Waals surface area (Å²) >= 11 is 0. The molecule has 1 rings (SSSR count). The van der Waals surface area contributed by atoms with Gasteiger partial charge in [-0.1, -0.05) is 13.8 Å². The van der Waals surface area contributed by atoms with Gasteiger partial charge in [-0.15, -0.1) is 0 Å². The first kappa shape index (κ1) is 13.4. The fourth-order valence-corrected chi connectivity index (χ4v) is 1.48. The van der Waals surface area contributed by atoms with Gasteiger partial charge in [0.05, 0.1) is 0 Å². The smallest absolute Gasteiger partial charge is 0.273 e. The van der Waals surface area contributed by atoms with Crippen molar-refractivity contribution in [1.82, 2.24) is 5.32 Å². The van der Waals surface area contributed by atoms with E-state index >= 15 is 0 Å². The van der Waals surface area contributed by atoms with Crippen LogP contribution in [0.5, 0.6) is 0 Å². The van der Waals surface area contributed by atoms with Gasteiger partial charge in [-0.05, 0) is 32.3 Å². The van der Waals surface area contributed by atoms with Crippen molar-refractivity contribution in [2.75, 3.05) is 0 Å². The molecule has 17 heavy (non-hydrogen) atoms. The third-order valence-electron chi connectivity index (χ3n) is 3.48. The van der Waals surface area contributed by atoms with Gasteiger partial charge >= 0.3 is 0 Å². The molecule has 3 N–H and O–H groups in total. The van der Waals surface area contributed by atoms with Gasteiger partial charge in [0.15, 0.2) is 0 Å². The van der Waals surface area contributed by atoms with Crippen LogP contribution in [0.25, 0.3) is 0 Å². The van der Waals surface area contributed by atoms with Crippen LogP contribution in [0, 0.1) is 5.92 Å². The molecule has 5 nitrogen and oxygen atoms in total. The van der Waals surface area contributed by atoms with E-state index < -0.39 is 11.4 Å². The van der Waals surface area contributed by atoms with Crippen molar-refractivity contribution in [2.24, 2.45) is 16.6 Å². The molecule has 1 aliphatic rings. The molecule has 5 heteroatoms. The van der Waals surface area contributed by atoms with E-state index in [1.807, 2.05) is 20.8 Å². The van der Waals surface area contributed by atoms with E-state index in [0.29, 0.717) is 17.0 Å². The van der Waals surface area contributed by atoms with Crippen LogP contribution < -0.4 is 11.1 Å². The molecule has 1 atom stereocenters. The first-order valence-corrected chi connectivity index (χ1v) is 5.59. The molecule has 0 aliphatic carbocycles. The first-order chi connectivity index (χ1) is 7.70. The molecular weight excluding hydrogens is 218 g/mol. The van der Waals surface area contributed by atoms with Gasteiger partial charge in [-0.3, -0.25) is 9.59 Å². The molecule has 0 spiro atoms. The number of hydrogen-bond donors (Lipinski definition) is 2. The number of carbonyl (C=O) groups excluding carboxylic acids is 2. The fourth-order valence-electron chi connectivity index (χ4n) is 1.48. The number of primary amides is 1.